The molecule has 5 unspecified atom stereocenters. The number of aliphatic carboxylic acids is 2. The van der Waals surface area contributed by atoms with Gasteiger partial charge in [0, 0.05) is 0 Å². The highest BCUT2D eigenvalue weighted by Gasteiger charge is 2.31. The van der Waals surface area contributed by atoms with Crippen molar-refractivity contribution in [2.24, 2.45) is 5.73 Å². The maximum atomic E-state index is 12.1. The van der Waals surface area contributed by atoms with Gasteiger partial charge in [-0.1, -0.05) is 0 Å². The molecule has 0 fully saturated rings. The monoisotopic (exact) mass is 392 g/mol. The Morgan fingerprint density at radius 1 is 0.926 bits per heavy atom. The second-order valence-electron chi connectivity index (χ2n) is 5.74. The molecule has 13 nitrogen and oxygen atoms in total. The van der Waals surface area contributed by atoms with E-state index in [-0.39, 0.29) is 0 Å². The van der Waals surface area contributed by atoms with E-state index in [1.54, 1.807) is 0 Å². The van der Waals surface area contributed by atoms with E-state index in [0.29, 0.717) is 0 Å². The van der Waals surface area contributed by atoms with Crippen molar-refractivity contribution in [2.45, 2.75) is 50.5 Å². The Labute approximate surface area is 153 Å². The molecule has 0 aliphatic carbocycles. The predicted octanol–water partition coefficient (Wildman–Crippen LogP) is -4.28. The molecule has 0 bridgehead atoms. The Balaban J connectivity index is 5.02. The van der Waals surface area contributed by atoms with E-state index in [4.69, 9.17) is 15.9 Å². The highest BCUT2D eigenvalue weighted by molar-refractivity contribution is 5.94. The molecule has 0 radical (unpaired) electrons. The van der Waals surface area contributed by atoms with Gasteiger partial charge in [0.1, 0.15) is 18.1 Å². The molecule has 0 aromatic carbocycles. The molecule has 154 valence electrons. The first kappa shape index (κ1) is 24.2. The number of carboxylic acids is 2. The fourth-order valence-electron chi connectivity index (χ4n) is 1.78. The average molecular weight is 392 g/mol. The summed E-state index contributed by atoms with van der Waals surface area (Å²) in [6.45, 7) is 1.42. The van der Waals surface area contributed by atoms with Crippen LogP contribution in [0.1, 0.15) is 20.3 Å². The zero-order chi connectivity index (χ0) is 21.3. The van der Waals surface area contributed by atoms with Gasteiger partial charge in [0.05, 0.1) is 25.2 Å². The molecule has 0 spiro atoms. The Bertz CT molecular complexity index is 581. The van der Waals surface area contributed by atoms with Crippen LogP contribution in [0.15, 0.2) is 0 Å². The minimum Gasteiger partial charge on any atom is -0.481 e. The van der Waals surface area contributed by atoms with E-state index < -0.39 is 73.0 Å². The lowest BCUT2D eigenvalue weighted by Crippen LogP contribution is -2.60. The van der Waals surface area contributed by atoms with Crippen LogP contribution < -0.4 is 21.7 Å². The SMILES string of the molecule is CC(NC(=O)C(NC(=O)C(CO)NC(=O)C(N)CC(=O)O)C(C)O)C(=O)O. The number of carboxylic acid groups (broad SMARTS) is 2. The van der Waals surface area contributed by atoms with Crippen LogP contribution in [0, 0.1) is 0 Å². The van der Waals surface area contributed by atoms with Gasteiger partial charge in [0.2, 0.25) is 17.7 Å². The lowest BCUT2D eigenvalue weighted by atomic mass is 10.1. The quantitative estimate of drug-likeness (QED) is 0.169. The smallest absolute Gasteiger partial charge is 0.325 e. The lowest BCUT2D eigenvalue weighted by molar-refractivity contribution is -0.142. The summed E-state index contributed by atoms with van der Waals surface area (Å²) in [6.07, 6.45) is -2.14. The second-order valence-corrected chi connectivity index (χ2v) is 5.74. The van der Waals surface area contributed by atoms with Gasteiger partial charge in [0.15, 0.2) is 0 Å². The summed E-state index contributed by atoms with van der Waals surface area (Å²) in [5.41, 5.74) is 5.34. The number of carbonyl (C=O) groups is 5. The van der Waals surface area contributed by atoms with Crippen LogP contribution >= 0.6 is 0 Å². The minimum atomic E-state index is -1.58. The van der Waals surface area contributed by atoms with Gasteiger partial charge in [-0.15, -0.1) is 0 Å². The molecule has 0 aliphatic rings. The molecular formula is C14H24N4O9. The molecule has 0 aliphatic heterocycles. The van der Waals surface area contributed by atoms with Crippen molar-refractivity contribution < 1.29 is 44.4 Å². The molecule has 0 saturated heterocycles. The number of hydrogen-bond donors (Lipinski definition) is 8. The fraction of sp³-hybridized carbons (Fsp3) is 0.643. The number of aliphatic hydroxyl groups excluding tert-OH is 2. The summed E-state index contributed by atoms with van der Waals surface area (Å²) in [6, 6.07) is -5.92. The van der Waals surface area contributed by atoms with Crippen LogP contribution in [0.4, 0.5) is 0 Å². The van der Waals surface area contributed by atoms with Crippen LogP contribution in [0.5, 0.6) is 0 Å². The first-order valence-electron chi connectivity index (χ1n) is 7.80. The molecule has 0 heterocycles. The molecule has 0 aromatic rings. The summed E-state index contributed by atoms with van der Waals surface area (Å²) >= 11 is 0. The zero-order valence-electron chi connectivity index (χ0n) is 14.7. The maximum Gasteiger partial charge on any atom is 0.325 e. The fourth-order valence-corrected chi connectivity index (χ4v) is 1.78. The maximum absolute atomic E-state index is 12.1. The van der Waals surface area contributed by atoms with E-state index >= 15 is 0 Å². The van der Waals surface area contributed by atoms with Crippen LogP contribution in [0.3, 0.4) is 0 Å². The van der Waals surface area contributed by atoms with Gasteiger partial charge >= 0.3 is 11.9 Å². The molecule has 27 heavy (non-hydrogen) atoms. The van der Waals surface area contributed by atoms with E-state index in [9.17, 15) is 34.2 Å². The summed E-state index contributed by atoms with van der Waals surface area (Å²) in [5.74, 6) is -5.78. The molecule has 9 N–H and O–H groups in total. The predicted molar refractivity (Wildman–Crippen MR) is 88.1 cm³/mol. The van der Waals surface area contributed by atoms with Crippen molar-refractivity contribution in [3.63, 3.8) is 0 Å². The van der Waals surface area contributed by atoms with Crippen LogP contribution in [0.2, 0.25) is 0 Å². The van der Waals surface area contributed by atoms with Gasteiger partial charge in [-0.25, -0.2) is 0 Å². The Morgan fingerprint density at radius 3 is 1.89 bits per heavy atom. The van der Waals surface area contributed by atoms with Gasteiger partial charge in [0.25, 0.3) is 0 Å². The number of aliphatic hydroxyl groups is 2. The molecule has 0 aromatic heterocycles. The van der Waals surface area contributed by atoms with Crippen molar-refractivity contribution in [2.75, 3.05) is 6.61 Å². The standard InChI is InChI=1S/C14H24N4O9/c1-5(14(26)27)16-13(25)10(6(2)20)18-12(24)8(4-19)17-11(23)7(15)3-9(21)22/h5-8,10,19-20H,3-4,15H2,1-2H3,(H,16,25)(H,17,23)(H,18,24)(H,21,22)(H,26,27). The van der Waals surface area contributed by atoms with Gasteiger partial charge in [-0.05, 0) is 13.8 Å². The highest BCUT2D eigenvalue weighted by Crippen LogP contribution is 1.98. The Morgan fingerprint density at radius 2 is 1.48 bits per heavy atom. The van der Waals surface area contributed by atoms with Crippen molar-refractivity contribution >= 4 is 29.7 Å². The second kappa shape index (κ2) is 11.1. The molecule has 13 heteroatoms. The lowest BCUT2D eigenvalue weighted by Gasteiger charge is -2.25. The Hall–Kier alpha value is -2.77. The summed E-state index contributed by atoms with van der Waals surface area (Å²) in [5, 5.41) is 42.4. The largest absolute Gasteiger partial charge is 0.481 e. The first-order chi connectivity index (χ1) is 12.4. The molecular weight excluding hydrogens is 368 g/mol. The van der Waals surface area contributed by atoms with Crippen molar-refractivity contribution in [3.8, 4) is 0 Å². The third-order valence-corrected chi connectivity index (χ3v) is 3.34. The van der Waals surface area contributed by atoms with Crippen molar-refractivity contribution in [3.05, 3.63) is 0 Å². The number of nitrogens with one attached hydrogen (secondary N) is 3. The van der Waals surface area contributed by atoms with E-state index in [1.165, 1.54) is 6.92 Å². The number of rotatable bonds is 11. The van der Waals surface area contributed by atoms with E-state index in [1.807, 2.05) is 5.32 Å². The van der Waals surface area contributed by atoms with Crippen LogP contribution in [-0.4, -0.2) is 87.0 Å². The van der Waals surface area contributed by atoms with Gasteiger partial charge in [-0.2, -0.15) is 0 Å². The summed E-state index contributed by atoms with van der Waals surface area (Å²) < 4.78 is 0. The highest BCUT2D eigenvalue weighted by atomic mass is 16.4. The molecule has 0 rings (SSSR count). The third kappa shape index (κ3) is 8.44. The number of nitrogens with two attached hydrogens (primary N) is 1. The van der Waals surface area contributed by atoms with E-state index in [2.05, 4.69) is 10.6 Å². The average Bonchev–Trinajstić information content (AvgIpc) is 2.55. The number of carbonyl (C=O) groups excluding carboxylic acids is 3. The normalized spacial score (nSPS) is 16.2. The first-order valence-corrected chi connectivity index (χ1v) is 7.80. The number of hydrogen-bond acceptors (Lipinski definition) is 8. The van der Waals surface area contributed by atoms with Crippen LogP contribution in [-0.2, 0) is 24.0 Å². The van der Waals surface area contributed by atoms with E-state index in [0.717, 1.165) is 6.92 Å². The topological polar surface area (TPSA) is 228 Å². The van der Waals surface area contributed by atoms with Crippen LogP contribution in [0.25, 0.3) is 0 Å². The number of amides is 3. The van der Waals surface area contributed by atoms with Gasteiger partial charge in [-0.3, -0.25) is 24.0 Å². The third-order valence-electron chi connectivity index (χ3n) is 3.34. The van der Waals surface area contributed by atoms with Crippen molar-refractivity contribution in [1.82, 2.24) is 16.0 Å². The summed E-state index contributed by atoms with van der Waals surface area (Å²) in [4.78, 5) is 57.2. The zero-order valence-corrected chi connectivity index (χ0v) is 14.7. The van der Waals surface area contributed by atoms with Gasteiger partial charge < -0.3 is 42.1 Å². The molecule has 5 atom stereocenters. The molecule has 0 saturated carbocycles. The Kier molecular flexibility index (Phi) is 9.92. The summed E-state index contributed by atoms with van der Waals surface area (Å²) in [7, 11) is 0. The van der Waals surface area contributed by atoms with Crippen molar-refractivity contribution in [1.29, 1.82) is 0 Å². The minimum absolute atomic E-state index is 0.711. The molecule has 3 amide bonds.